The van der Waals surface area contributed by atoms with Gasteiger partial charge in [-0.2, -0.15) is 4.98 Å². The zero-order valence-electron chi connectivity index (χ0n) is 15.8. The molecule has 0 fully saturated rings. The summed E-state index contributed by atoms with van der Waals surface area (Å²) in [7, 11) is 1.61. The maximum Gasteiger partial charge on any atom is 0.237 e. The van der Waals surface area contributed by atoms with E-state index in [1.165, 1.54) is 0 Å². The number of benzene rings is 1. The second kappa shape index (κ2) is 9.50. The lowest BCUT2D eigenvalue weighted by molar-refractivity contribution is -0.116. The van der Waals surface area contributed by atoms with Gasteiger partial charge in [-0.25, -0.2) is 4.98 Å². The molecule has 0 bridgehead atoms. The number of carbonyl (C=O) groups excluding carboxylic acids is 1. The highest BCUT2D eigenvalue weighted by atomic mass is 16.5. The molecule has 0 saturated heterocycles. The number of nitrogens with one attached hydrogen (secondary N) is 1. The molecule has 1 aromatic carbocycles. The summed E-state index contributed by atoms with van der Waals surface area (Å²) in [6, 6.07) is 10.9. The van der Waals surface area contributed by atoms with Crippen molar-refractivity contribution >= 4 is 11.6 Å². The normalized spacial score (nSPS) is 10.5. The Labute approximate surface area is 162 Å². The number of aryl methyl sites for hydroxylation is 1. The molecule has 28 heavy (non-hydrogen) atoms. The monoisotopic (exact) mass is 382 g/mol. The molecule has 1 N–H and O–H groups in total. The van der Waals surface area contributed by atoms with E-state index in [-0.39, 0.29) is 5.91 Å². The summed E-state index contributed by atoms with van der Waals surface area (Å²) in [6.07, 6.45) is 3.04. The van der Waals surface area contributed by atoms with Crippen molar-refractivity contribution in [1.29, 1.82) is 0 Å². The van der Waals surface area contributed by atoms with Crippen LogP contribution in [0.2, 0.25) is 0 Å². The number of anilines is 1. The van der Waals surface area contributed by atoms with Crippen LogP contribution in [0.1, 0.15) is 25.7 Å². The van der Waals surface area contributed by atoms with Crippen molar-refractivity contribution in [2.24, 2.45) is 0 Å². The smallest absolute Gasteiger partial charge is 0.237 e. The Morgan fingerprint density at radius 2 is 2.04 bits per heavy atom. The van der Waals surface area contributed by atoms with E-state index in [2.05, 4.69) is 20.4 Å². The second-order valence-electron chi connectivity index (χ2n) is 5.93. The van der Waals surface area contributed by atoms with Gasteiger partial charge in [-0.15, -0.1) is 0 Å². The first-order valence-electron chi connectivity index (χ1n) is 9.04. The maximum absolute atomic E-state index is 12.2. The lowest BCUT2D eigenvalue weighted by atomic mass is 10.2. The Morgan fingerprint density at radius 1 is 1.21 bits per heavy atom. The fourth-order valence-electron chi connectivity index (χ4n) is 2.56. The number of ether oxygens (including phenoxy) is 2. The molecule has 146 valence electrons. The molecule has 3 rings (SSSR count). The number of hydrogen-bond donors (Lipinski definition) is 1. The van der Waals surface area contributed by atoms with Crippen LogP contribution >= 0.6 is 0 Å². The van der Waals surface area contributed by atoms with Crippen molar-refractivity contribution in [2.75, 3.05) is 19.0 Å². The quantitative estimate of drug-likeness (QED) is 0.604. The molecule has 3 aromatic rings. The molecule has 8 heteroatoms. The Kier molecular flexibility index (Phi) is 6.56. The number of hydrogen-bond acceptors (Lipinski definition) is 7. The lowest BCUT2D eigenvalue weighted by Gasteiger charge is -2.09. The minimum atomic E-state index is -0.121. The van der Waals surface area contributed by atoms with E-state index in [1.807, 2.05) is 31.2 Å². The van der Waals surface area contributed by atoms with Gasteiger partial charge in [0.2, 0.25) is 23.5 Å². The van der Waals surface area contributed by atoms with Crippen LogP contribution in [0, 0.1) is 0 Å². The SMILES string of the molecule is CCOc1ncccc1NC(=O)CCCc1nc(-c2ccc(OC)cc2)no1. The highest BCUT2D eigenvalue weighted by molar-refractivity contribution is 5.91. The largest absolute Gasteiger partial charge is 0.497 e. The molecule has 0 spiro atoms. The predicted octanol–water partition coefficient (Wildman–Crippen LogP) is 3.50. The van der Waals surface area contributed by atoms with Crippen molar-refractivity contribution < 1.29 is 18.8 Å². The highest BCUT2D eigenvalue weighted by Gasteiger charge is 2.11. The van der Waals surface area contributed by atoms with Crippen molar-refractivity contribution in [3.8, 4) is 23.0 Å². The van der Waals surface area contributed by atoms with Gasteiger partial charge in [0.1, 0.15) is 11.4 Å². The minimum Gasteiger partial charge on any atom is -0.497 e. The summed E-state index contributed by atoms with van der Waals surface area (Å²) < 4.78 is 15.8. The zero-order chi connectivity index (χ0) is 19.8. The topological polar surface area (TPSA) is 99.4 Å². The van der Waals surface area contributed by atoms with Gasteiger partial charge in [-0.1, -0.05) is 5.16 Å². The molecule has 2 heterocycles. The summed E-state index contributed by atoms with van der Waals surface area (Å²) in [5, 5.41) is 6.81. The first kappa shape index (κ1) is 19.3. The average Bonchev–Trinajstić information content (AvgIpc) is 3.19. The molecular weight excluding hydrogens is 360 g/mol. The molecule has 0 unspecified atom stereocenters. The molecular formula is C20H22N4O4. The fraction of sp³-hybridized carbons (Fsp3) is 0.300. The third-order valence-corrected chi connectivity index (χ3v) is 3.94. The Hall–Kier alpha value is -3.42. The van der Waals surface area contributed by atoms with Gasteiger partial charge >= 0.3 is 0 Å². The Morgan fingerprint density at radius 3 is 2.79 bits per heavy atom. The minimum absolute atomic E-state index is 0.121. The molecule has 0 aliphatic heterocycles. The summed E-state index contributed by atoms with van der Waals surface area (Å²) in [5.74, 6) is 2.07. The summed E-state index contributed by atoms with van der Waals surface area (Å²) in [4.78, 5) is 20.7. The van der Waals surface area contributed by atoms with Crippen molar-refractivity contribution in [3.63, 3.8) is 0 Å². The molecule has 0 radical (unpaired) electrons. The first-order valence-corrected chi connectivity index (χ1v) is 9.04. The number of rotatable bonds is 9. The van der Waals surface area contributed by atoms with E-state index < -0.39 is 0 Å². The molecule has 0 atom stereocenters. The maximum atomic E-state index is 12.2. The van der Waals surface area contributed by atoms with Crippen LogP contribution in [0.15, 0.2) is 47.1 Å². The van der Waals surface area contributed by atoms with Crippen LogP contribution in [0.4, 0.5) is 5.69 Å². The number of pyridine rings is 1. The predicted molar refractivity (Wildman–Crippen MR) is 103 cm³/mol. The molecule has 2 aromatic heterocycles. The molecule has 0 saturated carbocycles. The standard InChI is InChI=1S/C20H22N4O4/c1-3-27-20-16(6-5-13-21-20)22-17(25)7-4-8-18-23-19(24-28-18)14-9-11-15(26-2)12-10-14/h5-6,9-13H,3-4,7-8H2,1-2H3,(H,22,25). The molecule has 0 aliphatic carbocycles. The summed E-state index contributed by atoms with van der Waals surface area (Å²) in [5.41, 5.74) is 1.41. The van der Waals surface area contributed by atoms with Crippen LogP contribution in [-0.2, 0) is 11.2 Å². The summed E-state index contributed by atoms with van der Waals surface area (Å²) in [6.45, 7) is 2.35. The van der Waals surface area contributed by atoms with Crippen molar-refractivity contribution in [3.05, 3.63) is 48.5 Å². The van der Waals surface area contributed by atoms with Crippen LogP contribution < -0.4 is 14.8 Å². The van der Waals surface area contributed by atoms with Gasteiger partial charge in [-0.05, 0) is 49.7 Å². The highest BCUT2D eigenvalue weighted by Crippen LogP contribution is 2.22. The second-order valence-corrected chi connectivity index (χ2v) is 5.93. The van der Waals surface area contributed by atoms with Crippen molar-refractivity contribution in [2.45, 2.75) is 26.2 Å². The third-order valence-electron chi connectivity index (χ3n) is 3.94. The number of nitrogens with zero attached hydrogens (tertiary/aromatic N) is 3. The van der Waals surface area contributed by atoms with Crippen LogP contribution in [0.5, 0.6) is 11.6 Å². The van der Waals surface area contributed by atoms with Crippen molar-refractivity contribution in [1.82, 2.24) is 15.1 Å². The molecule has 8 nitrogen and oxygen atoms in total. The van der Waals surface area contributed by atoms with Gasteiger partial charge in [-0.3, -0.25) is 4.79 Å². The number of carbonyl (C=O) groups is 1. The van der Waals surface area contributed by atoms with Gasteiger partial charge in [0.05, 0.1) is 13.7 Å². The number of aromatic nitrogens is 3. The molecule has 0 aliphatic rings. The first-order chi connectivity index (χ1) is 13.7. The van der Waals surface area contributed by atoms with Gasteiger partial charge < -0.3 is 19.3 Å². The number of amides is 1. The van der Waals surface area contributed by atoms with Gasteiger partial charge in [0.15, 0.2) is 0 Å². The van der Waals surface area contributed by atoms with Crippen LogP contribution in [0.3, 0.4) is 0 Å². The average molecular weight is 382 g/mol. The summed E-state index contributed by atoms with van der Waals surface area (Å²) >= 11 is 0. The van der Waals surface area contributed by atoms with Gasteiger partial charge in [0, 0.05) is 24.6 Å². The van der Waals surface area contributed by atoms with E-state index >= 15 is 0 Å². The Balaban J connectivity index is 1.50. The Bertz CT molecular complexity index is 909. The number of methoxy groups -OCH3 is 1. The van der Waals surface area contributed by atoms with E-state index in [9.17, 15) is 4.79 Å². The van der Waals surface area contributed by atoms with E-state index in [0.29, 0.717) is 49.2 Å². The third kappa shape index (κ3) is 5.06. The van der Waals surface area contributed by atoms with E-state index in [4.69, 9.17) is 14.0 Å². The van der Waals surface area contributed by atoms with Crippen LogP contribution in [0.25, 0.3) is 11.4 Å². The van der Waals surface area contributed by atoms with Gasteiger partial charge in [0.25, 0.3) is 0 Å². The van der Waals surface area contributed by atoms with E-state index in [0.717, 1.165) is 11.3 Å². The fourth-order valence-corrected chi connectivity index (χ4v) is 2.56. The van der Waals surface area contributed by atoms with Crippen LogP contribution in [-0.4, -0.2) is 34.7 Å². The zero-order valence-corrected chi connectivity index (χ0v) is 15.8. The lowest BCUT2D eigenvalue weighted by Crippen LogP contribution is -2.13. The van der Waals surface area contributed by atoms with E-state index in [1.54, 1.807) is 25.4 Å². The molecule has 1 amide bonds.